The highest BCUT2D eigenvalue weighted by molar-refractivity contribution is 5.85. The van der Waals surface area contributed by atoms with E-state index in [0.717, 1.165) is 30.8 Å². The SMILES string of the molecule is CCCNCCNC(=O)Cc1ccccc1OC.Cl. The van der Waals surface area contributed by atoms with Gasteiger partial charge in [-0.1, -0.05) is 25.1 Å². The van der Waals surface area contributed by atoms with E-state index in [2.05, 4.69) is 17.6 Å². The molecule has 1 rings (SSSR count). The molecule has 0 saturated heterocycles. The van der Waals surface area contributed by atoms with Gasteiger partial charge in [0, 0.05) is 18.7 Å². The van der Waals surface area contributed by atoms with Gasteiger partial charge in [-0.3, -0.25) is 4.79 Å². The van der Waals surface area contributed by atoms with E-state index >= 15 is 0 Å². The van der Waals surface area contributed by atoms with Crippen molar-refractivity contribution in [2.24, 2.45) is 0 Å². The molecule has 0 fully saturated rings. The number of para-hydroxylation sites is 1. The fraction of sp³-hybridized carbons (Fsp3) is 0.500. The Morgan fingerprint density at radius 2 is 1.95 bits per heavy atom. The van der Waals surface area contributed by atoms with Gasteiger partial charge in [-0.2, -0.15) is 0 Å². The van der Waals surface area contributed by atoms with Crippen molar-refractivity contribution in [1.82, 2.24) is 10.6 Å². The summed E-state index contributed by atoms with van der Waals surface area (Å²) in [6.07, 6.45) is 1.47. The van der Waals surface area contributed by atoms with Crippen LogP contribution in [-0.2, 0) is 11.2 Å². The van der Waals surface area contributed by atoms with Crippen LogP contribution in [0.1, 0.15) is 18.9 Å². The van der Waals surface area contributed by atoms with Crippen molar-refractivity contribution >= 4 is 18.3 Å². The molecule has 1 aromatic rings. The van der Waals surface area contributed by atoms with Gasteiger partial charge in [0.1, 0.15) is 5.75 Å². The maximum Gasteiger partial charge on any atom is 0.224 e. The minimum atomic E-state index is 0. The molecule has 0 bridgehead atoms. The van der Waals surface area contributed by atoms with E-state index in [1.165, 1.54) is 0 Å². The lowest BCUT2D eigenvalue weighted by molar-refractivity contribution is -0.120. The van der Waals surface area contributed by atoms with Crippen LogP contribution in [0.4, 0.5) is 0 Å². The highest BCUT2D eigenvalue weighted by Gasteiger charge is 2.07. The summed E-state index contributed by atoms with van der Waals surface area (Å²) in [6, 6.07) is 7.59. The zero-order valence-corrected chi connectivity index (χ0v) is 12.4. The quantitative estimate of drug-likeness (QED) is 0.716. The second-order valence-corrected chi connectivity index (χ2v) is 4.09. The molecule has 5 heteroatoms. The van der Waals surface area contributed by atoms with Crippen molar-refractivity contribution in [2.75, 3.05) is 26.7 Å². The lowest BCUT2D eigenvalue weighted by Gasteiger charge is -2.09. The number of hydrogen-bond donors (Lipinski definition) is 2. The first-order valence-corrected chi connectivity index (χ1v) is 6.37. The Bertz CT molecular complexity index is 372. The largest absolute Gasteiger partial charge is 0.496 e. The van der Waals surface area contributed by atoms with Gasteiger partial charge in [-0.05, 0) is 19.0 Å². The molecule has 0 radical (unpaired) electrons. The number of rotatable bonds is 8. The molecule has 1 aromatic carbocycles. The maximum atomic E-state index is 11.7. The number of nitrogens with one attached hydrogen (secondary N) is 2. The summed E-state index contributed by atoms with van der Waals surface area (Å²) in [6.45, 7) is 4.58. The standard InChI is InChI=1S/C14H22N2O2.ClH/c1-3-8-15-9-10-16-14(17)11-12-6-4-5-7-13(12)18-2;/h4-7,15H,3,8-11H2,1-2H3,(H,16,17);1H. The summed E-state index contributed by atoms with van der Waals surface area (Å²) < 4.78 is 5.21. The second kappa shape index (κ2) is 10.6. The van der Waals surface area contributed by atoms with Crippen LogP contribution in [0.3, 0.4) is 0 Å². The minimum absolute atomic E-state index is 0. The lowest BCUT2D eigenvalue weighted by atomic mass is 10.1. The van der Waals surface area contributed by atoms with E-state index < -0.39 is 0 Å². The molecule has 0 aliphatic heterocycles. The summed E-state index contributed by atoms with van der Waals surface area (Å²) in [5.74, 6) is 0.787. The first-order chi connectivity index (χ1) is 8.77. The van der Waals surface area contributed by atoms with E-state index in [4.69, 9.17) is 4.74 Å². The average Bonchev–Trinajstić information content (AvgIpc) is 2.39. The van der Waals surface area contributed by atoms with Crippen molar-refractivity contribution in [3.8, 4) is 5.75 Å². The molecule has 0 aromatic heterocycles. The van der Waals surface area contributed by atoms with Crippen LogP contribution < -0.4 is 15.4 Å². The third kappa shape index (κ3) is 7.03. The Kier molecular flexibility index (Phi) is 9.94. The van der Waals surface area contributed by atoms with Crippen molar-refractivity contribution in [3.05, 3.63) is 29.8 Å². The molecule has 1 amide bonds. The Morgan fingerprint density at radius 3 is 2.63 bits per heavy atom. The molecule has 19 heavy (non-hydrogen) atoms. The maximum absolute atomic E-state index is 11.7. The second-order valence-electron chi connectivity index (χ2n) is 4.09. The molecule has 0 aliphatic carbocycles. The normalized spacial score (nSPS) is 9.58. The Hall–Kier alpha value is -1.26. The molecule has 0 unspecified atom stereocenters. The van der Waals surface area contributed by atoms with E-state index in [-0.39, 0.29) is 18.3 Å². The molecule has 108 valence electrons. The van der Waals surface area contributed by atoms with Crippen molar-refractivity contribution in [3.63, 3.8) is 0 Å². The topological polar surface area (TPSA) is 50.4 Å². The summed E-state index contributed by atoms with van der Waals surface area (Å²) in [5, 5.41) is 6.12. The van der Waals surface area contributed by atoms with Gasteiger partial charge in [0.25, 0.3) is 0 Å². The van der Waals surface area contributed by atoms with Crippen molar-refractivity contribution < 1.29 is 9.53 Å². The molecule has 2 N–H and O–H groups in total. The van der Waals surface area contributed by atoms with Crippen LogP contribution in [0.15, 0.2) is 24.3 Å². The van der Waals surface area contributed by atoms with Gasteiger partial charge in [0.05, 0.1) is 13.5 Å². The van der Waals surface area contributed by atoms with E-state index in [1.807, 2.05) is 24.3 Å². The molecule has 0 atom stereocenters. The number of methoxy groups -OCH3 is 1. The highest BCUT2D eigenvalue weighted by atomic mass is 35.5. The fourth-order valence-electron chi connectivity index (χ4n) is 1.68. The van der Waals surface area contributed by atoms with Gasteiger partial charge < -0.3 is 15.4 Å². The predicted octanol–water partition coefficient (Wildman–Crippen LogP) is 1.78. The smallest absolute Gasteiger partial charge is 0.224 e. The van der Waals surface area contributed by atoms with E-state index in [9.17, 15) is 4.79 Å². The lowest BCUT2D eigenvalue weighted by Crippen LogP contribution is -2.33. The summed E-state index contributed by atoms with van der Waals surface area (Å²) in [5.41, 5.74) is 0.916. The third-order valence-electron chi connectivity index (χ3n) is 2.59. The Morgan fingerprint density at radius 1 is 1.21 bits per heavy atom. The number of carbonyl (C=O) groups excluding carboxylic acids is 1. The molecule has 0 aliphatic rings. The Labute approximate surface area is 121 Å². The summed E-state index contributed by atoms with van der Waals surface area (Å²) >= 11 is 0. The van der Waals surface area contributed by atoms with Gasteiger partial charge >= 0.3 is 0 Å². The number of halogens is 1. The van der Waals surface area contributed by atoms with Gasteiger partial charge in [-0.15, -0.1) is 12.4 Å². The first kappa shape index (κ1) is 17.7. The fourth-order valence-corrected chi connectivity index (χ4v) is 1.68. The van der Waals surface area contributed by atoms with Gasteiger partial charge in [0.2, 0.25) is 5.91 Å². The van der Waals surface area contributed by atoms with E-state index in [0.29, 0.717) is 13.0 Å². The number of benzene rings is 1. The average molecular weight is 287 g/mol. The number of ether oxygens (including phenoxy) is 1. The molecular weight excluding hydrogens is 264 g/mol. The molecule has 0 heterocycles. The zero-order valence-electron chi connectivity index (χ0n) is 11.6. The summed E-state index contributed by atoms with van der Waals surface area (Å²) in [7, 11) is 1.62. The highest BCUT2D eigenvalue weighted by Crippen LogP contribution is 2.17. The van der Waals surface area contributed by atoms with Crippen LogP contribution in [0.5, 0.6) is 5.75 Å². The molecule has 0 saturated carbocycles. The van der Waals surface area contributed by atoms with E-state index in [1.54, 1.807) is 7.11 Å². The van der Waals surface area contributed by atoms with Crippen LogP contribution >= 0.6 is 12.4 Å². The van der Waals surface area contributed by atoms with Gasteiger partial charge in [-0.25, -0.2) is 0 Å². The van der Waals surface area contributed by atoms with Crippen LogP contribution in [-0.4, -0.2) is 32.7 Å². The molecule has 0 spiro atoms. The number of carbonyl (C=O) groups is 1. The minimum Gasteiger partial charge on any atom is -0.496 e. The van der Waals surface area contributed by atoms with Crippen LogP contribution in [0, 0.1) is 0 Å². The van der Waals surface area contributed by atoms with Crippen LogP contribution in [0.25, 0.3) is 0 Å². The van der Waals surface area contributed by atoms with Crippen molar-refractivity contribution in [1.29, 1.82) is 0 Å². The Balaban J connectivity index is 0.00000324. The zero-order chi connectivity index (χ0) is 13.2. The summed E-state index contributed by atoms with van der Waals surface area (Å²) in [4.78, 5) is 11.7. The number of hydrogen-bond acceptors (Lipinski definition) is 3. The monoisotopic (exact) mass is 286 g/mol. The predicted molar refractivity (Wildman–Crippen MR) is 80.1 cm³/mol. The first-order valence-electron chi connectivity index (χ1n) is 6.37. The molecular formula is C14H23ClN2O2. The third-order valence-corrected chi connectivity index (χ3v) is 2.59. The van der Waals surface area contributed by atoms with Crippen LogP contribution in [0.2, 0.25) is 0 Å². The molecule has 4 nitrogen and oxygen atoms in total. The number of amides is 1. The van der Waals surface area contributed by atoms with Gasteiger partial charge in [0.15, 0.2) is 0 Å². The van der Waals surface area contributed by atoms with Crippen molar-refractivity contribution in [2.45, 2.75) is 19.8 Å².